The zero-order valence-electron chi connectivity index (χ0n) is 20.3. The molecule has 9 heteroatoms. The van der Waals surface area contributed by atoms with Crippen LogP contribution >= 0.6 is 0 Å². The Morgan fingerprint density at radius 3 is 2.72 bits per heavy atom. The van der Waals surface area contributed by atoms with Gasteiger partial charge in [-0.1, -0.05) is 13.0 Å². The summed E-state index contributed by atoms with van der Waals surface area (Å²) < 4.78 is 3.69. The molecule has 3 aromatic heterocycles. The fourth-order valence-corrected chi connectivity index (χ4v) is 5.67. The number of nitrogens with one attached hydrogen (secondary N) is 2. The molecule has 0 bridgehead atoms. The van der Waals surface area contributed by atoms with Crippen molar-refractivity contribution in [1.82, 2.24) is 34.6 Å². The van der Waals surface area contributed by atoms with Gasteiger partial charge in [-0.3, -0.25) is 4.79 Å². The molecule has 1 aliphatic heterocycles. The zero-order chi connectivity index (χ0) is 24.1. The first-order valence-corrected chi connectivity index (χ1v) is 13.0. The highest BCUT2D eigenvalue weighted by Crippen LogP contribution is 2.49. The number of benzene rings is 1. The fourth-order valence-electron chi connectivity index (χ4n) is 5.67. The third-order valence-electron chi connectivity index (χ3n) is 8.40. The van der Waals surface area contributed by atoms with Gasteiger partial charge in [-0.05, 0) is 68.2 Å². The summed E-state index contributed by atoms with van der Waals surface area (Å²) in [7, 11) is 0. The molecule has 0 amide bonds. The van der Waals surface area contributed by atoms with E-state index in [1.165, 1.54) is 24.0 Å². The summed E-state index contributed by atoms with van der Waals surface area (Å²) in [6.45, 7) is 3.21. The minimum Gasteiger partial charge on any atom is -0.324 e. The number of nitrogens with zero attached hydrogens (tertiary/aromatic N) is 6. The van der Waals surface area contributed by atoms with Crippen LogP contribution in [-0.2, 0) is 17.4 Å². The maximum absolute atomic E-state index is 13.4. The van der Waals surface area contributed by atoms with Crippen LogP contribution in [0.4, 0.5) is 11.6 Å². The minimum atomic E-state index is -0.0622. The Labute approximate surface area is 208 Å². The van der Waals surface area contributed by atoms with Crippen LogP contribution in [0.2, 0.25) is 0 Å². The molecule has 9 nitrogen and oxygen atoms in total. The number of aromatic nitrogens is 6. The van der Waals surface area contributed by atoms with E-state index in [2.05, 4.69) is 45.7 Å². The van der Waals surface area contributed by atoms with Crippen LogP contribution in [0.5, 0.6) is 0 Å². The van der Waals surface area contributed by atoms with E-state index in [9.17, 15) is 4.79 Å². The third kappa shape index (κ3) is 3.08. The monoisotopic (exact) mass is 480 g/mol. The topological polar surface area (TPSA) is 103 Å². The molecule has 4 aliphatic rings. The number of hydrogen-bond donors (Lipinski definition) is 2. The van der Waals surface area contributed by atoms with Crippen LogP contribution in [0.15, 0.2) is 41.5 Å². The molecule has 4 aromatic rings. The normalized spacial score (nSPS) is 20.9. The Hall–Kier alpha value is -3.59. The lowest BCUT2D eigenvalue weighted by atomic mass is 9.92. The van der Waals surface area contributed by atoms with Gasteiger partial charge in [0.15, 0.2) is 11.5 Å². The largest absolute Gasteiger partial charge is 0.324 e. The predicted octanol–water partition coefficient (Wildman–Crippen LogP) is 3.64. The average Bonchev–Trinajstić information content (AvgIpc) is 3.79. The fraction of sp³-hybridized carbons (Fsp3) is 0.444. The highest BCUT2D eigenvalue weighted by atomic mass is 16.1. The summed E-state index contributed by atoms with van der Waals surface area (Å²) >= 11 is 0. The number of hydrogen-bond acceptors (Lipinski definition) is 7. The Morgan fingerprint density at radius 1 is 1.08 bits per heavy atom. The lowest BCUT2D eigenvalue weighted by Crippen LogP contribution is -2.36. The van der Waals surface area contributed by atoms with Crippen molar-refractivity contribution in [3.8, 4) is 5.82 Å². The van der Waals surface area contributed by atoms with Crippen LogP contribution in [-0.4, -0.2) is 35.8 Å². The molecule has 1 spiro atoms. The molecule has 0 unspecified atom stereocenters. The summed E-state index contributed by atoms with van der Waals surface area (Å²) in [5.41, 5.74) is 4.53. The van der Waals surface area contributed by atoms with Crippen molar-refractivity contribution < 1.29 is 0 Å². The van der Waals surface area contributed by atoms with E-state index >= 15 is 0 Å². The van der Waals surface area contributed by atoms with Crippen molar-refractivity contribution in [3.63, 3.8) is 0 Å². The predicted molar refractivity (Wildman–Crippen MR) is 136 cm³/mol. The van der Waals surface area contributed by atoms with Crippen LogP contribution < -0.4 is 16.2 Å². The van der Waals surface area contributed by atoms with Crippen LogP contribution in [0, 0.1) is 0 Å². The molecule has 3 fully saturated rings. The van der Waals surface area contributed by atoms with E-state index in [0.29, 0.717) is 22.8 Å². The van der Waals surface area contributed by atoms with Gasteiger partial charge in [0, 0.05) is 41.6 Å². The molecular weight excluding hydrogens is 452 g/mol. The summed E-state index contributed by atoms with van der Waals surface area (Å²) in [6, 6.07) is 8.60. The van der Waals surface area contributed by atoms with Crippen molar-refractivity contribution >= 4 is 22.7 Å². The Bertz CT molecular complexity index is 1610. The second kappa shape index (κ2) is 7.00. The summed E-state index contributed by atoms with van der Waals surface area (Å²) in [5, 5.41) is 7.59. The van der Waals surface area contributed by atoms with Crippen molar-refractivity contribution in [2.24, 2.45) is 0 Å². The molecule has 0 saturated heterocycles. The van der Waals surface area contributed by atoms with Crippen molar-refractivity contribution in [2.45, 2.75) is 68.9 Å². The standard InChI is InChI=1S/C27H28N8O/c1-26(8-9-26)24-28-12-7-21(32-24)35-22-19(23(36)34(35)18-3-4-18)15-29-25(33-22)31-17-2-5-20-16(14-17)6-13-30-27(20)10-11-27/h2,5,7,12,14-15,18,30H,3-4,6,8-11,13H2,1H3,(H,29,31,33). The molecule has 0 radical (unpaired) electrons. The summed E-state index contributed by atoms with van der Waals surface area (Å²) in [5.74, 6) is 2.00. The molecule has 36 heavy (non-hydrogen) atoms. The molecule has 1 aromatic carbocycles. The first-order chi connectivity index (χ1) is 17.5. The Kier molecular flexibility index (Phi) is 4.00. The summed E-state index contributed by atoms with van der Waals surface area (Å²) in [4.78, 5) is 32.2. The van der Waals surface area contributed by atoms with Crippen LogP contribution in [0.1, 0.15) is 68.4 Å². The number of rotatable bonds is 5. The second-order valence-electron chi connectivity index (χ2n) is 11.2. The highest BCUT2D eigenvalue weighted by molar-refractivity contribution is 5.77. The van der Waals surface area contributed by atoms with Gasteiger partial charge in [-0.15, -0.1) is 0 Å². The van der Waals surface area contributed by atoms with E-state index in [1.54, 1.807) is 12.4 Å². The lowest BCUT2D eigenvalue weighted by molar-refractivity contribution is 0.490. The van der Waals surface area contributed by atoms with Gasteiger partial charge >= 0.3 is 0 Å². The van der Waals surface area contributed by atoms with Gasteiger partial charge in [0.05, 0.1) is 6.04 Å². The Morgan fingerprint density at radius 2 is 1.94 bits per heavy atom. The Balaban J connectivity index is 1.22. The van der Waals surface area contributed by atoms with Crippen molar-refractivity contribution in [3.05, 3.63) is 64.0 Å². The maximum atomic E-state index is 13.4. The van der Waals surface area contributed by atoms with Crippen LogP contribution in [0.25, 0.3) is 16.9 Å². The first-order valence-electron chi connectivity index (χ1n) is 13.0. The van der Waals surface area contributed by atoms with E-state index in [0.717, 1.165) is 50.2 Å². The molecule has 0 atom stereocenters. The van der Waals surface area contributed by atoms with E-state index < -0.39 is 0 Å². The molecule has 3 aliphatic carbocycles. The smallest absolute Gasteiger partial charge is 0.278 e. The zero-order valence-corrected chi connectivity index (χ0v) is 20.3. The maximum Gasteiger partial charge on any atom is 0.278 e. The van der Waals surface area contributed by atoms with Gasteiger partial charge in [-0.2, -0.15) is 4.98 Å². The minimum absolute atomic E-state index is 0.0341. The van der Waals surface area contributed by atoms with E-state index in [-0.39, 0.29) is 22.6 Å². The summed E-state index contributed by atoms with van der Waals surface area (Å²) in [6.07, 6.45) is 11.0. The SMILES string of the molecule is CC1(c2nccc(-n3c4nc(Nc5ccc6c(c5)CCNC65CC5)ncc4c(=O)n3C3CC3)n2)CC1. The van der Waals surface area contributed by atoms with E-state index in [1.807, 2.05) is 15.4 Å². The van der Waals surface area contributed by atoms with Crippen LogP contribution in [0.3, 0.4) is 0 Å². The molecule has 8 rings (SSSR count). The van der Waals surface area contributed by atoms with Crippen molar-refractivity contribution in [1.29, 1.82) is 0 Å². The molecule has 3 saturated carbocycles. The molecule has 182 valence electrons. The third-order valence-corrected chi connectivity index (χ3v) is 8.40. The van der Waals surface area contributed by atoms with Gasteiger partial charge < -0.3 is 10.6 Å². The number of anilines is 2. The molecule has 2 N–H and O–H groups in total. The molecular formula is C27H28N8O. The lowest BCUT2D eigenvalue weighted by Gasteiger charge is -2.27. The second-order valence-corrected chi connectivity index (χ2v) is 11.2. The van der Waals surface area contributed by atoms with Gasteiger partial charge in [0.1, 0.15) is 11.2 Å². The highest BCUT2D eigenvalue weighted by Gasteiger charge is 2.46. The first kappa shape index (κ1) is 20.6. The van der Waals surface area contributed by atoms with Gasteiger partial charge in [0.25, 0.3) is 5.56 Å². The molecule has 4 heterocycles. The average molecular weight is 481 g/mol. The van der Waals surface area contributed by atoms with Gasteiger partial charge in [0.2, 0.25) is 5.95 Å². The quantitative estimate of drug-likeness (QED) is 0.450. The number of fused-ring (bicyclic) bond motifs is 3. The van der Waals surface area contributed by atoms with Crippen molar-refractivity contribution in [2.75, 3.05) is 11.9 Å². The van der Waals surface area contributed by atoms with Gasteiger partial charge in [-0.25, -0.2) is 24.3 Å². The van der Waals surface area contributed by atoms with E-state index in [4.69, 9.17) is 9.97 Å².